The Hall–Kier alpha value is -0.810. The third kappa shape index (κ3) is 5.23. The Kier molecular flexibility index (Phi) is 7.05. The Labute approximate surface area is 109 Å². The van der Waals surface area contributed by atoms with E-state index in [1.165, 1.54) is 6.42 Å². The van der Waals surface area contributed by atoms with Gasteiger partial charge in [-0.25, -0.2) is 4.79 Å². The summed E-state index contributed by atoms with van der Waals surface area (Å²) in [7, 11) is 1.70. The number of aliphatic hydroxyl groups excluding tert-OH is 1. The van der Waals surface area contributed by atoms with E-state index in [1.807, 2.05) is 6.92 Å². The SMILES string of the molecule is COC1CCCCC1NC(=O)NC(C)CCCO. The zero-order valence-corrected chi connectivity index (χ0v) is 11.4. The molecule has 3 unspecified atom stereocenters. The maximum atomic E-state index is 11.8. The van der Waals surface area contributed by atoms with E-state index in [0.717, 1.165) is 25.7 Å². The predicted octanol–water partition coefficient (Wildman–Crippen LogP) is 1.40. The lowest BCUT2D eigenvalue weighted by Crippen LogP contribution is -2.51. The van der Waals surface area contributed by atoms with Crippen LogP contribution in [0.4, 0.5) is 4.79 Å². The van der Waals surface area contributed by atoms with Gasteiger partial charge in [-0.1, -0.05) is 12.8 Å². The molecule has 3 atom stereocenters. The van der Waals surface area contributed by atoms with E-state index < -0.39 is 0 Å². The highest BCUT2D eigenvalue weighted by molar-refractivity contribution is 5.74. The summed E-state index contributed by atoms with van der Waals surface area (Å²) in [6.45, 7) is 2.12. The number of rotatable bonds is 6. The van der Waals surface area contributed by atoms with E-state index in [1.54, 1.807) is 7.11 Å². The molecule has 1 aliphatic carbocycles. The van der Waals surface area contributed by atoms with Crippen LogP contribution < -0.4 is 10.6 Å². The molecule has 3 N–H and O–H groups in total. The molecule has 106 valence electrons. The van der Waals surface area contributed by atoms with Gasteiger partial charge in [-0.15, -0.1) is 0 Å². The third-order valence-electron chi connectivity index (χ3n) is 3.49. The molecule has 0 bridgehead atoms. The largest absolute Gasteiger partial charge is 0.396 e. The standard InChI is InChI=1S/C13H26N2O3/c1-10(6-5-9-16)14-13(17)15-11-7-3-4-8-12(11)18-2/h10-12,16H,3-9H2,1-2H3,(H2,14,15,17). The van der Waals surface area contributed by atoms with Crippen molar-refractivity contribution in [2.24, 2.45) is 0 Å². The average molecular weight is 258 g/mol. The van der Waals surface area contributed by atoms with Crippen LogP contribution in [-0.4, -0.2) is 43.0 Å². The minimum absolute atomic E-state index is 0.0849. The molecular weight excluding hydrogens is 232 g/mol. The Morgan fingerprint density at radius 1 is 1.44 bits per heavy atom. The van der Waals surface area contributed by atoms with Crippen molar-refractivity contribution in [1.29, 1.82) is 0 Å². The van der Waals surface area contributed by atoms with Crippen molar-refractivity contribution < 1.29 is 14.6 Å². The highest BCUT2D eigenvalue weighted by atomic mass is 16.5. The second-order valence-electron chi connectivity index (χ2n) is 5.05. The first-order chi connectivity index (χ1) is 8.67. The Morgan fingerprint density at radius 3 is 2.83 bits per heavy atom. The minimum atomic E-state index is -0.130. The average Bonchev–Trinajstić information content (AvgIpc) is 2.36. The van der Waals surface area contributed by atoms with Gasteiger partial charge < -0.3 is 20.5 Å². The first-order valence-corrected chi connectivity index (χ1v) is 6.88. The summed E-state index contributed by atoms with van der Waals surface area (Å²) in [6.07, 6.45) is 5.96. The van der Waals surface area contributed by atoms with E-state index in [0.29, 0.717) is 6.42 Å². The zero-order chi connectivity index (χ0) is 13.4. The van der Waals surface area contributed by atoms with E-state index in [4.69, 9.17) is 9.84 Å². The Bertz CT molecular complexity index is 248. The molecule has 1 aliphatic rings. The highest BCUT2D eigenvalue weighted by Crippen LogP contribution is 2.20. The number of carbonyl (C=O) groups excluding carboxylic acids is 1. The number of hydrogen-bond acceptors (Lipinski definition) is 3. The molecule has 0 aliphatic heterocycles. The van der Waals surface area contributed by atoms with Crippen LogP contribution in [0, 0.1) is 0 Å². The van der Waals surface area contributed by atoms with Gasteiger partial charge in [0.2, 0.25) is 0 Å². The molecule has 18 heavy (non-hydrogen) atoms. The van der Waals surface area contributed by atoms with Crippen LogP contribution in [0.1, 0.15) is 45.4 Å². The van der Waals surface area contributed by atoms with Crippen molar-refractivity contribution in [3.8, 4) is 0 Å². The molecule has 5 nitrogen and oxygen atoms in total. The van der Waals surface area contributed by atoms with Gasteiger partial charge in [0.25, 0.3) is 0 Å². The van der Waals surface area contributed by atoms with Gasteiger partial charge in [0, 0.05) is 19.8 Å². The predicted molar refractivity (Wildman–Crippen MR) is 70.5 cm³/mol. The monoisotopic (exact) mass is 258 g/mol. The molecule has 1 fully saturated rings. The fourth-order valence-electron chi connectivity index (χ4n) is 2.45. The zero-order valence-electron chi connectivity index (χ0n) is 11.4. The number of carbonyl (C=O) groups is 1. The first kappa shape index (κ1) is 15.2. The van der Waals surface area contributed by atoms with Crippen LogP contribution in [0.3, 0.4) is 0 Å². The summed E-state index contributed by atoms with van der Waals surface area (Å²) in [6, 6.07) is 0.0740. The van der Waals surface area contributed by atoms with Gasteiger partial charge >= 0.3 is 6.03 Å². The summed E-state index contributed by atoms with van der Waals surface area (Å²) in [4.78, 5) is 11.8. The number of urea groups is 1. The van der Waals surface area contributed by atoms with Gasteiger partial charge in [0.15, 0.2) is 0 Å². The maximum absolute atomic E-state index is 11.8. The van der Waals surface area contributed by atoms with Gasteiger partial charge in [-0.2, -0.15) is 0 Å². The molecule has 0 aromatic rings. The van der Waals surface area contributed by atoms with Crippen LogP contribution in [0.5, 0.6) is 0 Å². The first-order valence-electron chi connectivity index (χ1n) is 6.88. The number of amides is 2. The molecule has 1 rings (SSSR count). The highest BCUT2D eigenvalue weighted by Gasteiger charge is 2.26. The van der Waals surface area contributed by atoms with Crippen molar-refractivity contribution in [2.45, 2.75) is 63.6 Å². The van der Waals surface area contributed by atoms with Gasteiger partial charge in [-0.05, 0) is 32.6 Å². The molecule has 0 radical (unpaired) electrons. The second-order valence-corrected chi connectivity index (χ2v) is 5.05. The van der Waals surface area contributed by atoms with Crippen LogP contribution in [0.25, 0.3) is 0 Å². The van der Waals surface area contributed by atoms with Crippen LogP contribution in [-0.2, 0) is 4.74 Å². The van der Waals surface area contributed by atoms with Crippen molar-refractivity contribution >= 4 is 6.03 Å². The van der Waals surface area contributed by atoms with Crippen molar-refractivity contribution in [3.63, 3.8) is 0 Å². The molecule has 5 heteroatoms. The summed E-state index contributed by atoms with van der Waals surface area (Å²) in [5.41, 5.74) is 0. The topological polar surface area (TPSA) is 70.6 Å². The number of hydrogen-bond donors (Lipinski definition) is 3. The maximum Gasteiger partial charge on any atom is 0.315 e. The summed E-state index contributed by atoms with van der Waals surface area (Å²) in [5.74, 6) is 0. The lowest BCUT2D eigenvalue weighted by Gasteiger charge is -2.31. The Balaban J connectivity index is 2.29. The number of ether oxygens (including phenoxy) is 1. The molecule has 1 saturated carbocycles. The summed E-state index contributed by atoms with van der Waals surface area (Å²) < 4.78 is 5.40. The molecule has 0 spiro atoms. The molecule has 2 amide bonds. The van der Waals surface area contributed by atoms with Crippen molar-refractivity contribution in [3.05, 3.63) is 0 Å². The third-order valence-corrected chi connectivity index (χ3v) is 3.49. The lowest BCUT2D eigenvalue weighted by molar-refractivity contribution is 0.0450. The Morgan fingerprint density at radius 2 is 2.17 bits per heavy atom. The van der Waals surface area contributed by atoms with Crippen LogP contribution in [0.15, 0.2) is 0 Å². The molecule has 0 aromatic carbocycles. The van der Waals surface area contributed by atoms with Gasteiger partial charge in [0.05, 0.1) is 12.1 Å². The number of nitrogens with one attached hydrogen (secondary N) is 2. The summed E-state index contributed by atoms with van der Waals surface area (Å²) >= 11 is 0. The fourth-order valence-corrected chi connectivity index (χ4v) is 2.45. The van der Waals surface area contributed by atoms with E-state index in [2.05, 4.69) is 10.6 Å². The smallest absolute Gasteiger partial charge is 0.315 e. The molecular formula is C13H26N2O3. The molecule has 0 saturated heterocycles. The van der Waals surface area contributed by atoms with Crippen molar-refractivity contribution in [1.82, 2.24) is 10.6 Å². The van der Waals surface area contributed by atoms with E-state index in [-0.39, 0.29) is 30.8 Å². The second kappa shape index (κ2) is 8.32. The molecule has 0 heterocycles. The van der Waals surface area contributed by atoms with Gasteiger partial charge in [0.1, 0.15) is 0 Å². The quantitative estimate of drug-likeness (QED) is 0.674. The van der Waals surface area contributed by atoms with Crippen LogP contribution >= 0.6 is 0 Å². The summed E-state index contributed by atoms with van der Waals surface area (Å²) in [5, 5.41) is 14.6. The molecule has 0 aromatic heterocycles. The fraction of sp³-hybridized carbons (Fsp3) is 0.923. The normalized spacial score (nSPS) is 25.5. The lowest BCUT2D eigenvalue weighted by atomic mass is 9.92. The van der Waals surface area contributed by atoms with Crippen molar-refractivity contribution in [2.75, 3.05) is 13.7 Å². The number of methoxy groups -OCH3 is 1. The number of aliphatic hydroxyl groups is 1. The van der Waals surface area contributed by atoms with E-state index in [9.17, 15) is 4.79 Å². The van der Waals surface area contributed by atoms with E-state index >= 15 is 0 Å². The van der Waals surface area contributed by atoms with Gasteiger partial charge in [-0.3, -0.25) is 0 Å². The van der Waals surface area contributed by atoms with Crippen LogP contribution in [0.2, 0.25) is 0 Å². The minimum Gasteiger partial charge on any atom is -0.396 e.